The third kappa shape index (κ3) is 9.05. The van der Waals surface area contributed by atoms with E-state index in [1.807, 2.05) is 48.6 Å². The first-order valence-corrected chi connectivity index (χ1v) is 24.5. The maximum absolute atomic E-state index is 10.2. The molecule has 1 unspecified atom stereocenters. The van der Waals surface area contributed by atoms with E-state index >= 15 is 0 Å². The molecule has 0 aliphatic heterocycles. The molecule has 0 fully saturated rings. The van der Waals surface area contributed by atoms with E-state index in [1.54, 1.807) is 36.4 Å². The lowest BCUT2D eigenvalue weighted by Crippen LogP contribution is -2.02. The maximum Gasteiger partial charge on any atom is 0.115 e. The number of rotatable bonds is 11. The predicted octanol–water partition coefficient (Wildman–Crippen LogP) is 17.5. The number of aromatic hydroxyl groups is 3. The lowest BCUT2D eigenvalue weighted by molar-refractivity contribution is 0.474. The molecule has 3 N–H and O–H groups in total. The second-order valence-electron chi connectivity index (χ2n) is 18.7. The fourth-order valence-corrected chi connectivity index (χ4v) is 10.5. The molecule has 0 amide bonds. The number of phenolic OH excluding ortho intramolecular Hbond substituents is 3. The number of benzene rings is 7. The summed E-state index contributed by atoms with van der Waals surface area (Å²) in [4.78, 5) is 0. The summed E-state index contributed by atoms with van der Waals surface area (Å²) >= 11 is 0. The van der Waals surface area contributed by atoms with Crippen LogP contribution < -0.4 is 0 Å². The summed E-state index contributed by atoms with van der Waals surface area (Å²) in [5, 5.41) is 30.4. The quantitative estimate of drug-likeness (QED) is 0.113. The minimum Gasteiger partial charge on any atom is -0.508 e. The number of hydrogen-bond acceptors (Lipinski definition) is 3. The van der Waals surface area contributed by atoms with Crippen molar-refractivity contribution in [1.82, 2.24) is 0 Å². The van der Waals surface area contributed by atoms with Gasteiger partial charge < -0.3 is 15.3 Å². The molecule has 7 aromatic carbocycles. The van der Waals surface area contributed by atoms with Gasteiger partial charge in [-0.05, 0) is 234 Å². The van der Waals surface area contributed by atoms with E-state index in [0.717, 1.165) is 112 Å². The Bertz CT molecular complexity index is 3610. The zero-order valence-corrected chi connectivity index (χ0v) is 41.0. The summed E-state index contributed by atoms with van der Waals surface area (Å²) in [6.07, 6.45) is 20.1. The molecule has 0 heterocycles. The van der Waals surface area contributed by atoms with Crippen LogP contribution in [0.15, 0.2) is 237 Å². The number of hydrogen-bond donors (Lipinski definition) is 3. The van der Waals surface area contributed by atoms with Gasteiger partial charge in [-0.25, -0.2) is 0 Å². The SMILES string of the molecule is C=C/C=C\C1=C(C)c2ccc(-c3cc(C(/C=C4\C(=C)c5ccccc5C4Cc4ccc(O)cc4)=C/C)cc(C(/C=C4\C(=C)c5ccccc5\C4=C/c4ccc(O)cc4)=C/C)c3)cc2/C1=C/c1ccc(O)cc1. The van der Waals surface area contributed by atoms with E-state index in [2.05, 4.69) is 161 Å². The zero-order valence-electron chi connectivity index (χ0n) is 41.0. The van der Waals surface area contributed by atoms with E-state index in [4.69, 9.17) is 6.58 Å². The van der Waals surface area contributed by atoms with E-state index in [-0.39, 0.29) is 23.2 Å². The van der Waals surface area contributed by atoms with Crippen molar-refractivity contribution in [2.24, 2.45) is 0 Å². The molecular weight excluding hydrogens is 877 g/mol. The van der Waals surface area contributed by atoms with Gasteiger partial charge in [0.1, 0.15) is 17.2 Å². The molecule has 10 rings (SSSR count). The fourth-order valence-electron chi connectivity index (χ4n) is 10.5. The first kappa shape index (κ1) is 46.8. The van der Waals surface area contributed by atoms with Gasteiger partial charge in [-0.15, -0.1) is 0 Å². The van der Waals surface area contributed by atoms with Crippen LogP contribution in [0, 0.1) is 0 Å². The largest absolute Gasteiger partial charge is 0.508 e. The first-order valence-electron chi connectivity index (χ1n) is 24.5. The molecule has 3 aliphatic carbocycles. The van der Waals surface area contributed by atoms with Crippen LogP contribution in [0.1, 0.15) is 87.9 Å². The minimum atomic E-state index is 0.0658. The van der Waals surface area contributed by atoms with Crippen molar-refractivity contribution in [3.8, 4) is 28.4 Å². The normalized spacial score (nSPS) is 17.7. The van der Waals surface area contributed by atoms with Crippen molar-refractivity contribution in [2.75, 3.05) is 0 Å². The van der Waals surface area contributed by atoms with Crippen LogP contribution in [0.3, 0.4) is 0 Å². The standard InChI is InChI=1S/C69H56O3/c1-7-10-15-60-43(4)61-33-26-51(42-69(61)66(60)34-46-20-27-55(70)28-21-46)54-38-52(49(8-2)40-64-44(5)58-16-11-13-18-62(58)67(64)35-47-22-29-56(71)30-23-47)37-53(39-54)50(9-3)41-65-45(6)59-17-12-14-19-63(59)68(65)36-48-24-31-57(72)32-25-48/h7-35,37-42,68,70-72H,1,5-6,36H2,2-4H3/b15-10-,49-8+,50-9+,64-40+,65-41+,66-34+,67-35+. The highest BCUT2D eigenvalue weighted by Crippen LogP contribution is 2.50. The lowest BCUT2D eigenvalue weighted by Gasteiger charge is -2.17. The topological polar surface area (TPSA) is 60.7 Å². The van der Waals surface area contributed by atoms with Gasteiger partial charge in [-0.3, -0.25) is 0 Å². The average Bonchev–Trinajstić information content (AvgIpc) is 3.93. The molecular formula is C69H56O3. The van der Waals surface area contributed by atoms with Crippen molar-refractivity contribution in [3.05, 3.63) is 298 Å². The summed E-state index contributed by atoms with van der Waals surface area (Å²) in [6.45, 7) is 19.7. The number of allylic oxidation sites excluding steroid dienone is 17. The van der Waals surface area contributed by atoms with Gasteiger partial charge in [-0.1, -0.05) is 153 Å². The third-order valence-electron chi connectivity index (χ3n) is 14.3. The molecule has 0 saturated heterocycles. The molecule has 0 radical (unpaired) electrons. The van der Waals surface area contributed by atoms with Crippen LogP contribution in [0.5, 0.6) is 17.2 Å². The Morgan fingerprint density at radius 3 is 1.72 bits per heavy atom. The van der Waals surface area contributed by atoms with Crippen molar-refractivity contribution < 1.29 is 15.3 Å². The second-order valence-corrected chi connectivity index (χ2v) is 18.7. The summed E-state index contributed by atoms with van der Waals surface area (Å²) in [7, 11) is 0. The van der Waals surface area contributed by atoms with Gasteiger partial charge in [0.15, 0.2) is 0 Å². The molecule has 0 saturated carbocycles. The average molecular weight is 933 g/mol. The Morgan fingerprint density at radius 2 is 1.10 bits per heavy atom. The van der Waals surface area contributed by atoms with Crippen molar-refractivity contribution >= 4 is 51.2 Å². The van der Waals surface area contributed by atoms with Gasteiger partial charge in [0, 0.05) is 5.92 Å². The van der Waals surface area contributed by atoms with Gasteiger partial charge in [0.2, 0.25) is 0 Å². The highest BCUT2D eigenvalue weighted by atomic mass is 16.3. The fraction of sp³-hybridized carbons (Fsp3) is 0.0725. The minimum absolute atomic E-state index is 0.0658. The number of fused-ring (bicyclic) bond motifs is 3. The first-order chi connectivity index (χ1) is 35.0. The van der Waals surface area contributed by atoms with E-state index in [0.29, 0.717) is 0 Å². The van der Waals surface area contributed by atoms with Crippen LogP contribution >= 0.6 is 0 Å². The molecule has 3 nitrogen and oxygen atoms in total. The monoisotopic (exact) mass is 932 g/mol. The molecule has 0 aromatic heterocycles. The second kappa shape index (κ2) is 19.8. The number of phenols is 3. The molecule has 0 bridgehead atoms. The van der Waals surface area contributed by atoms with Gasteiger partial charge in [0.25, 0.3) is 0 Å². The van der Waals surface area contributed by atoms with E-state index < -0.39 is 0 Å². The van der Waals surface area contributed by atoms with E-state index in [1.165, 1.54) is 22.3 Å². The summed E-state index contributed by atoms with van der Waals surface area (Å²) in [6, 6.07) is 53.0. The molecule has 3 aliphatic rings. The van der Waals surface area contributed by atoms with Crippen LogP contribution in [0.4, 0.5) is 0 Å². The van der Waals surface area contributed by atoms with Crippen molar-refractivity contribution in [2.45, 2.75) is 33.1 Å². The zero-order chi connectivity index (χ0) is 50.0. The highest BCUT2D eigenvalue weighted by Gasteiger charge is 2.31. The lowest BCUT2D eigenvalue weighted by atomic mass is 9.86. The van der Waals surface area contributed by atoms with Crippen LogP contribution in [0.2, 0.25) is 0 Å². The smallest absolute Gasteiger partial charge is 0.115 e. The van der Waals surface area contributed by atoms with Crippen LogP contribution in [-0.4, -0.2) is 15.3 Å². The molecule has 0 spiro atoms. The van der Waals surface area contributed by atoms with Crippen molar-refractivity contribution in [1.29, 1.82) is 0 Å². The molecule has 3 heteroatoms. The van der Waals surface area contributed by atoms with Crippen LogP contribution in [0.25, 0.3) is 62.3 Å². The molecule has 72 heavy (non-hydrogen) atoms. The maximum atomic E-state index is 10.2. The molecule has 350 valence electrons. The molecule has 1 atom stereocenters. The van der Waals surface area contributed by atoms with Crippen LogP contribution in [-0.2, 0) is 6.42 Å². The third-order valence-corrected chi connectivity index (χ3v) is 14.3. The Labute approximate surface area is 423 Å². The van der Waals surface area contributed by atoms with Crippen molar-refractivity contribution in [3.63, 3.8) is 0 Å². The summed E-state index contributed by atoms with van der Waals surface area (Å²) < 4.78 is 0. The Hall–Kier alpha value is -8.92. The Morgan fingerprint density at radius 1 is 0.528 bits per heavy atom. The van der Waals surface area contributed by atoms with Gasteiger partial charge in [0.05, 0.1) is 0 Å². The van der Waals surface area contributed by atoms with Gasteiger partial charge in [-0.2, -0.15) is 0 Å². The Kier molecular flexibility index (Phi) is 12.9. The van der Waals surface area contributed by atoms with E-state index in [9.17, 15) is 15.3 Å². The molecule has 7 aromatic rings. The van der Waals surface area contributed by atoms with Gasteiger partial charge >= 0.3 is 0 Å². The summed E-state index contributed by atoms with van der Waals surface area (Å²) in [5.41, 5.74) is 25.2. The highest BCUT2D eigenvalue weighted by molar-refractivity contribution is 6.13. The Balaban J connectivity index is 1.15. The summed E-state index contributed by atoms with van der Waals surface area (Å²) in [5.74, 6) is 0.778. The predicted molar refractivity (Wildman–Crippen MR) is 305 cm³/mol.